The molecule has 0 heterocycles. The zero-order valence-corrected chi connectivity index (χ0v) is 8.45. The van der Waals surface area contributed by atoms with Crippen LogP contribution in [0, 0.1) is 23.2 Å². The highest BCUT2D eigenvalue weighted by atomic mass is 16.1. The lowest BCUT2D eigenvalue weighted by Gasteiger charge is -1.98. The second kappa shape index (κ2) is 2.57. The molecule has 13 heavy (non-hydrogen) atoms. The van der Waals surface area contributed by atoms with Crippen molar-refractivity contribution in [3.05, 3.63) is 24.3 Å². The molecule has 1 heteroatoms. The number of ketones is 1. The average Bonchev–Trinajstić information content (AvgIpc) is 2.52. The lowest BCUT2D eigenvalue weighted by Crippen LogP contribution is -1.94. The van der Waals surface area contributed by atoms with E-state index in [2.05, 4.69) is 39.0 Å². The minimum atomic E-state index is 0.169. The van der Waals surface area contributed by atoms with Gasteiger partial charge >= 0.3 is 0 Å². The molecule has 0 amide bonds. The predicted octanol–water partition coefficient (Wildman–Crippen LogP) is 2.59. The molecule has 0 saturated heterocycles. The van der Waals surface area contributed by atoms with Crippen molar-refractivity contribution in [1.29, 1.82) is 0 Å². The van der Waals surface area contributed by atoms with E-state index in [-0.39, 0.29) is 11.3 Å². The third kappa shape index (κ3) is 1.18. The molecule has 0 radical (unpaired) electrons. The summed E-state index contributed by atoms with van der Waals surface area (Å²) in [5.41, 5.74) is 0.169. The van der Waals surface area contributed by atoms with E-state index in [0.29, 0.717) is 17.6 Å². The number of rotatable bonds is 2. The van der Waals surface area contributed by atoms with Crippen molar-refractivity contribution in [1.82, 2.24) is 0 Å². The van der Waals surface area contributed by atoms with Gasteiger partial charge in [-0.3, -0.25) is 4.79 Å². The summed E-state index contributed by atoms with van der Waals surface area (Å²) in [7, 11) is 0. The minimum Gasteiger partial charge on any atom is -0.294 e. The van der Waals surface area contributed by atoms with Crippen LogP contribution in [0.4, 0.5) is 0 Å². The van der Waals surface area contributed by atoms with E-state index < -0.39 is 0 Å². The fourth-order valence-corrected chi connectivity index (χ4v) is 2.29. The summed E-state index contributed by atoms with van der Waals surface area (Å²) >= 11 is 0. The Hall–Kier alpha value is -0.850. The van der Waals surface area contributed by atoms with Crippen molar-refractivity contribution in [3.63, 3.8) is 0 Å². The Kier molecular flexibility index (Phi) is 1.73. The van der Waals surface area contributed by atoms with E-state index in [1.165, 1.54) is 0 Å². The van der Waals surface area contributed by atoms with Gasteiger partial charge < -0.3 is 0 Å². The molecule has 0 unspecified atom stereocenters. The molecule has 0 N–H and O–H groups in total. The standard InChI is InChI=1S/C12H16O/c1-8(2)4-5-9-11-10(13)6-7-12(9,11)3/h4-9,11H,1-3H3/b5-4-/t9-,11+,12+/m0/s1. The molecule has 0 aromatic carbocycles. The van der Waals surface area contributed by atoms with Crippen LogP contribution in [-0.2, 0) is 4.79 Å². The van der Waals surface area contributed by atoms with Crippen molar-refractivity contribution in [2.24, 2.45) is 23.2 Å². The van der Waals surface area contributed by atoms with Gasteiger partial charge in [0.05, 0.1) is 0 Å². The van der Waals surface area contributed by atoms with Crippen LogP contribution in [-0.4, -0.2) is 5.78 Å². The smallest absolute Gasteiger partial charge is 0.159 e. The molecule has 2 rings (SSSR count). The minimum absolute atomic E-state index is 0.169. The molecule has 1 nitrogen and oxygen atoms in total. The Morgan fingerprint density at radius 2 is 2.23 bits per heavy atom. The van der Waals surface area contributed by atoms with E-state index >= 15 is 0 Å². The molecule has 2 aliphatic carbocycles. The predicted molar refractivity (Wildman–Crippen MR) is 53.2 cm³/mol. The van der Waals surface area contributed by atoms with Crippen LogP contribution in [0.15, 0.2) is 24.3 Å². The lowest BCUT2D eigenvalue weighted by atomic mass is 10.1. The maximum Gasteiger partial charge on any atom is 0.159 e. The third-order valence-electron chi connectivity index (χ3n) is 3.25. The first-order valence-corrected chi connectivity index (χ1v) is 4.97. The van der Waals surface area contributed by atoms with Crippen molar-refractivity contribution < 1.29 is 4.79 Å². The summed E-state index contributed by atoms with van der Waals surface area (Å²) in [4.78, 5) is 11.4. The zero-order chi connectivity index (χ0) is 9.64. The maximum absolute atomic E-state index is 11.4. The Balaban J connectivity index is 2.08. The fraction of sp³-hybridized carbons (Fsp3) is 0.583. The second-order valence-electron chi connectivity index (χ2n) is 4.73. The van der Waals surface area contributed by atoms with Gasteiger partial charge in [0.25, 0.3) is 0 Å². The van der Waals surface area contributed by atoms with Crippen molar-refractivity contribution in [2.75, 3.05) is 0 Å². The molecule has 2 aliphatic rings. The van der Waals surface area contributed by atoms with Crippen molar-refractivity contribution in [2.45, 2.75) is 20.8 Å². The number of fused-ring (bicyclic) bond motifs is 1. The maximum atomic E-state index is 11.4. The van der Waals surface area contributed by atoms with E-state index in [4.69, 9.17) is 0 Å². The van der Waals surface area contributed by atoms with Crippen LogP contribution in [0.2, 0.25) is 0 Å². The quantitative estimate of drug-likeness (QED) is 0.591. The number of hydrogen-bond donors (Lipinski definition) is 0. The van der Waals surface area contributed by atoms with Crippen molar-refractivity contribution >= 4 is 5.78 Å². The van der Waals surface area contributed by atoms with Gasteiger partial charge in [0.1, 0.15) is 0 Å². The molecular weight excluding hydrogens is 160 g/mol. The number of carbonyl (C=O) groups excluding carboxylic acids is 1. The van der Waals surface area contributed by atoms with Gasteiger partial charge in [0.15, 0.2) is 5.78 Å². The Labute approximate surface area is 79.5 Å². The van der Waals surface area contributed by atoms with Crippen LogP contribution < -0.4 is 0 Å². The number of allylic oxidation sites excluding steroid dienone is 4. The summed E-state index contributed by atoms with van der Waals surface area (Å²) in [5.74, 6) is 1.65. The fourth-order valence-electron chi connectivity index (χ4n) is 2.29. The normalized spacial score (nSPS) is 42.0. The molecule has 0 aromatic rings. The van der Waals surface area contributed by atoms with E-state index in [0.717, 1.165) is 0 Å². The van der Waals surface area contributed by atoms with Crippen molar-refractivity contribution in [3.8, 4) is 0 Å². The summed E-state index contributed by atoms with van der Waals surface area (Å²) in [6.07, 6.45) is 8.24. The molecule has 3 atom stereocenters. The molecule has 1 saturated carbocycles. The summed E-state index contributed by atoms with van der Waals surface area (Å²) < 4.78 is 0. The Bertz CT molecular complexity index is 298. The van der Waals surface area contributed by atoms with Crippen LogP contribution in [0.5, 0.6) is 0 Å². The first-order valence-electron chi connectivity index (χ1n) is 4.97. The van der Waals surface area contributed by atoms with Crippen LogP contribution in [0.3, 0.4) is 0 Å². The monoisotopic (exact) mass is 176 g/mol. The first kappa shape index (κ1) is 8.74. The largest absolute Gasteiger partial charge is 0.294 e. The highest BCUT2D eigenvalue weighted by Gasteiger charge is 2.63. The number of carbonyl (C=O) groups is 1. The summed E-state index contributed by atoms with van der Waals surface area (Å²) in [6.45, 7) is 6.50. The van der Waals surface area contributed by atoms with Gasteiger partial charge in [0.2, 0.25) is 0 Å². The van der Waals surface area contributed by atoms with Gasteiger partial charge in [-0.15, -0.1) is 0 Å². The van der Waals surface area contributed by atoms with E-state index in [1.54, 1.807) is 6.08 Å². The topological polar surface area (TPSA) is 17.1 Å². The summed E-state index contributed by atoms with van der Waals surface area (Å²) in [5, 5.41) is 0. The molecule has 0 aliphatic heterocycles. The molecule has 0 spiro atoms. The Morgan fingerprint density at radius 1 is 1.54 bits per heavy atom. The second-order valence-corrected chi connectivity index (χ2v) is 4.73. The number of hydrogen-bond acceptors (Lipinski definition) is 1. The zero-order valence-electron chi connectivity index (χ0n) is 8.45. The highest BCUT2D eigenvalue weighted by molar-refractivity contribution is 5.99. The van der Waals surface area contributed by atoms with Crippen LogP contribution >= 0.6 is 0 Å². The van der Waals surface area contributed by atoms with Gasteiger partial charge in [-0.05, 0) is 17.9 Å². The average molecular weight is 176 g/mol. The van der Waals surface area contributed by atoms with Gasteiger partial charge in [-0.2, -0.15) is 0 Å². The summed E-state index contributed by atoms with van der Waals surface area (Å²) in [6, 6.07) is 0. The third-order valence-corrected chi connectivity index (χ3v) is 3.25. The van der Waals surface area contributed by atoms with Gasteiger partial charge in [-0.1, -0.05) is 39.0 Å². The van der Waals surface area contributed by atoms with Gasteiger partial charge in [0, 0.05) is 11.3 Å². The Morgan fingerprint density at radius 3 is 2.69 bits per heavy atom. The van der Waals surface area contributed by atoms with Gasteiger partial charge in [-0.25, -0.2) is 0 Å². The van der Waals surface area contributed by atoms with Crippen LogP contribution in [0.1, 0.15) is 20.8 Å². The molecule has 0 bridgehead atoms. The lowest BCUT2D eigenvalue weighted by molar-refractivity contribution is -0.115. The van der Waals surface area contributed by atoms with E-state index in [9.17, 15) is 4.79 Å². The molecule has 0 aromatic heterocycles. The van der Waals surface area contributed by atoms with E-state index in [1.807, 2.05) is 0 Å². The molecule has 1 fully saturated rings. The highest BCUT2D eigenvalue weighted by Crippen LogP contribution is 2.63. The molecule has 70 valence electrons. The first-order chi connectivity index (χ1) is 6.05. The SMILES string of the molecule is CC(C)/C=C\[C@H]1[C@@H]2C(=O)C=C[C@]12C. The molecular formula is C12H16O. The van der Waals surface area contributed by atoms with Crippen LogP contribution in [0.25, 0.3) is 0 Å².